The number of benzene rings is 2. The number of carbonyl (C=O) groups is 1. The van der Waals surface area contributed by atoms with E-state index in [-0.39, 0.29) is 12.0 Å². The van der Waals surface area contributed by atoms with Crippen LogP contribution in [-0.4, -0.2) is 11.1 Å². The maximum absolute atomic E-state index is 11.3. The number of hydrogen-bond donors (Lipinski definition) is 2. The Balaban J connectivity index is 1.82. The molecule has 2 aromatic carbocycles. The quantitative estimate of drug-likeness (QED) is 0.643. The van der Waals surface area contributed by atoms with Gasteiger partial charge in [-0.25, -0.2) is 4.79 Å². The molecule has 2 aliphatic rings. The van der Waals surface area contributed by atoms with Crippen LogP contribution < -0.4 is 5.32 Å². The van der Waals surface area contributed by atoms with E-state index in [0.29, 0.717) is 21.5 Å². The van der Waals surface area contributed by atoms with Crippen LogP contribution in [0, 0.1) is 5.92 Å². The second-order valence-corrected chi connectivity index (χ2v) is 7.43. The van der Waals surface area contributed by atoms with Gasteiger partial charge in [-0.15, -0.1) is 0 Å². The largest absolute Gasteiger partial charge is 0.478 e. The molecule has 4 rings (SSSR count). The molecule has 0 aromatic heterocycles. The molecular weight excluding hydrogens is 357 g/mol. The fraction of sp³-hybridized carbons (Fsp3) is 0.250. The Morgan fingerprint density at radius 2 is 1.96 bits per heavy atom. The molecule has 3 nitrogen and oxygen atoms in total. The van der Waals surface area contributed by atoms with Gasteiger partial charge in [0, 0.05) is 21.7 Å². The van der Waals surface area contributed by atoms with Crippen LogP contribution in [0.4, 0.5) is 5.69 Å². The molecule has 25 heavy (non-hydrogen) atoms. The minimum absolute atomic E-state index is 0.0721. The fourth-order valence-electron chi connectivity index (χ4n) is 4.00. The minimum Gasteiger partial charge on any atom is -0.478 e. The van der Waals surface area contributed by atoms with Crippen molar-refractivity contribution < 1.29 is 9.90 Å². The number of carboxylic acid groups (broad SMARTS) is 1. The maximum Gasteiger partial charge on any atom is 0.335 e. The number of rotatable bonds is 2. The van der Waals surface area contributed by atoms with Crippen molar-refractivity contribution in [2.75, 3.05) is 5.32 Å². The molecule has 0 unspecified atom stereocenters. The first kappa shape index (κ1) is 16.5. The maximum atomic E-state index is 11.3. The van der Waals surface area contributed by atoms with Crippen LogP contribution >= 0.6 is 23.2 Å². The third kappa shape index (κ3) is 2.92. The molecule has 3 atom stereocenters. The average molecular weight is 374 g/mol. The molecule has 0 fully saturated rings. The number of anilines is 1. The molecule has 0 bridgehead atoms. The number of aromatic carboxylic acids is 1. The highest BCUT2D eigenvalue weighted by Gasteiger charge is 2.38. The molecule has 0 saturated carbocycles. The van der Waals surface area contributed by atoms with E-state index >= 15 is 0 Å². The fourth-order valence-corrected chi connectivity index (χ4v) is 4.53. The minimum atomic E-state index is -0.901. The summed E-state index contributed by atoms with van der Waals surface area (Å²) in [6, 6.07) is 11.0. The lowest BCUT2D eigenvalue weighted by Gasteiger charge is -2.42. The van der Waals surface area contributed by atoms with Crippen molar-refractivity contribution in [1.29, 1.82) is 0 Å². The van der Waals surface area contributed by atoms with Crippen LogP contribution in [-0.2, 0) is 0 Å². The number of carboxylic acids is 1. The summed E-state index contributed by atoms with van der Waals surface area (Å²) in [5, 5.41) is 14.2. The SMILES string of the molecule is O=C(O)c1ccc2c(c1)[C@@H]1C=CCC[C@@H]1[C@@H](c1ccc(Cl)cc1Cl)N2. The zero-order valence-corrected chi connectivity index (χ0v) is 14.9. The third-order valence-corrected chi connectivity index (χ3v) is 5.73. The molecule has 0 radical (unpaired) electrons. The summed E-state index contributed by atoms with van der Waals surface area (Å²) in [6.07, 6.45) is 6.42. The van der Waals surface area contributed by atoms with Crippen LogP contribution in [0.5, 0.6) is 0 Å². The Morgan fingerprint density at radius 1 is 1.12 bits per heavy atom. The van der Waals surface area contributed by atoms with E-state index < -0.39 is 5.97 Å². The lowest BCUT2D eigenvalue weighted by Crippen LogP contribution is -2.32. The summed E-state index contributed by atoms with van der Waals surface area (Å²) in [7, 11) is 0. The third-order valence-electron chi connectivity index (χ3n) is 5.17. The first-order valence-electron chi connectivity index (χ1n) is 8.30. The summed E-state index contributed by atoms with van der Waals surface area (Å²) >= 11 is 12.5. The van der Waals surface area contributed by atoms with Crippen molar-refractivity contribution in [2.45, 2.75) is 24.8 Å². The van der Waals surface area contributed by atoms with E-state index in [2.05, 4.69) is 17.5 Å². The Bertz CT molecular complexity index is 878. The standard InChI is InChI=1S/C20H17Cl2NO2/c21-12-6-7-15(17(22)10-12)19-14-4-2-1-3-13(14)16-9-11(20(24)25)5-8-18(16)23-19/h1,3,5-10,13-14,19,23H,2,4H2,(H,24,25)/t13-,14+,19+/m1/s1. The van der Waals surface area contributed by atoms with Crippen LogP contribution in [0.1, 0.15) is 46.3 Å². The number of nitrogens with one attached hydrogen (secondary N) is 1. The van der Waals surface area contributed by atoms with Gasteiger partial charge in [0.1, 0.15) is 0 Å². The summed E-state index contributed by atoms with van der Waals surface area (Å²) < 4.78 is 0. The molecule has 1 aliphatic heterocycles. The molecular formula is C20H17Cl2NO2. The first-order valence-corrected chi connectivity index (χ1v) is 9.05. The lowest BCUT2D eigenvalue weighted by atomic mass is 9.70. The van der Waals surface area contributed by atoms with Gasteiger partial charge in [0.05, 0.1) is 11.6 Å². The van der Waals surface area contributed by atoms with Gasteiger partial charge in [-0.2, -0.15) is 0 Å². The summed E-state index contributed by atoms with van der Waals surface area (Å²) in [5.74, 6) is -0.400. The Labute approximate surface area is 156 Å². The van der Waals surface area contributed by atoms with Gasteiger partial charge >= 0.3 is 5.97 Å². The van der Waals surface area contributed by atoms with Crippen molar-refractivity contribution in [3.05, 3.63) is 75.3 Å². The molecule has 2 aromatic rings. The Hall–Kier alpha value is -1.97. The number of allylic oxidation sites excluding steroid dienone is 2. The van der Waals surface area contributed by atoms with Gasteiger partial charge in [0.15, 0.2) is 0 Å². The normalized spacial score (nSPS) is 24.2. The van der Waals surface area contributed by atoms with Crippen LogP contribution in [0.15, 0.2) is 48.6 Å². The van der Waals surface area contributed by atoms with Crippen LogP contribution in [0.3, 0.4) is 0 Å². The van der Waals surface area contributed by atoms with E-state index in [9.17, 15) is 9.90 Å². The predicted octanol–water partition coefficient (Wildman–Crippen LogP) is 5.91. The van der Waals surface area contributed by atoms with Gasteiger partial charge in [0.2, 0.25) is 0 Å². The van der Waals surface area contributed by atoms with Gasteiger partial charge < -0.3 is 10.4 Å². The zero-order chi connectivity index (χ0) is 17.6. The van der Waals surface area contributed by atoms with Crippen molar-refractivity contribution >= 4 is 34.9 Å². The predicted molar refractivity (Wildman–Crippen MR) is 101 cm³/mol. The van der Waals surface area contributed by atoms with E-state index in [1.165, 1.54) is 0 Å². The monoisotopic (exact) mass is 373 g/mol. The molecule has 0 saturated heterocycles. The Morgan fingerprint density at radius 3 is 2.72 bits per heavy atom. The van der Waals surface area contributed by atoms with E-state index in [1.54, 1.807) is 18.2 Å². The summed E-state index contributed by atoms with van der Waals surface area (Å²) in [5.41, 5.74) is 3.36. The highest BCUT2D eigenvalue weighted by Crippen LogP contribution is 2.50. The van der Waals surface area contributed by atoms with Gasteiger partial charge in [-0.05, 0) is 60.2 Å². The Kier molecular flexibility index (Phi) is 4.22. The van der Waals surface area contributed by atoms with Gasteiger partial charge in [-0.1, -0.05) is 41.4 Å². The van der Waals surface area contributed by atoms with Crippen molar-refractivity contribution in [3.63, 3.8) is 0 Å². The number of fused-ring (bicyclic) bond motifs is 3. The van der Waals surface area contributed by atoms with Gasteiger partial charge in [0.25, 0.3) is 0 Å². The second-order valence-electron chi connectivity index (χ2n) is 6.59. The molecule has 0 spiro atoms. The van der Waals surface area contributed by atoms with Gasteiger partial charge in [-0.3, -0.25) is 0 Å². The van der Waals surface area contributed by atoms with E-state index in [4.69, 9.17) is 23.2 Å². The first-order chi connectivity index (χ1) is 12.0. The highest BCUT2D eigenvalue weighted by atomic mass is 35.5. The topological polar surface area (TPSA) is 49.3 Å². The molecule has 5 heteroatoms. The zero-order valence-electron chi connectivity index (χ0n) is 13.4. The number of halogens is 2. The van der Waals surface area contributed by atoms with Crippen molar-refractivity contribution in [1.82, 2.24) is 0 Å². The van der Waals surface area contributed by atoms with E-state index in [0.717, 1.165) is 29.7 Å². The molecule has 128 valence electrons. The number of hydrogen-bond acceptors (Lipinski definition) is 2. The smallest absolute Gasteiger partial charge is 0.335 e. The van der Waals surface area contributed by atoms with Crippen molar-refractivity contribution in [3.8, 4) is 0 Å². The average Bonchev–Trinajstić information content (AvgIpc) is 2.61. The summed E-state index contributed by atoms with van der Waals surface area (Å²) in [4.78, 5) is 11.3. The second kappa shape index (κ2) is 6.40. The summed E-state index contributed by atoms with van der Waals surface area (Å²) in [6.45, 7) is 0. The molecule has 1 aliphatic carbocycles. The molecule has 2 N–H and O–H groups in total. The van der Waals surface area contributed by atoms with Crippen LogP contribution in [0.2, 0.25) is 10.0 Å². The molecule has 0 amide bonds. The van der Waals surface area contributed by atoms with Crippen LogP contribution in [0.25, 0.3) is 0 Å². The lowest BCUT2D eigenvalue weighted by molar-refractivity contribution is 0.0696. The van der Waals surface area contributed by atoms with Crippen molar-refractivity contribution in [2.24, 2.45) is 5.92 Å². The highest BCUT2D eigenvalue weighted by molar-refractivity contribution is 6.35. The molecule has 1 heterocycles. The van der Waals surface area contributed by atoms with E-state index in [1.807, 2.05) is 18.2 Å².